The van der Waals surface area contributed by atoms with Crippen molar-refractivity contribution < 1.29 is 9.50 Å². The summed E-state index contributed by atoms with van der Waals surface area (Å²) in [5, 5.41) is 9.66. The second-order valence-corrected chi connectivity index (χ2v) is 4.35. The maximum Gasteiger partial charge on any atom is 0.109 e. The van der Waals surface area contributed by atoms with Crippen LogP contribution in [-0.2, 0) is 6.42 Å². The van der Waals surface area contributed by atoms with Crippen molar-refractivity contribution in [2.24, 2.45) is 5.73 Å². The molecule has 2 nitrogen and oxygen atoms in total. The first-order valence-electron chi connectivity index (χ1n) is 5.09. The van der Waals surface area contributed by atoms with Crippen LogP contribution in [-0.4, -0.2) is 17.3 Å². The van der Waals surface area contributed by atoms with Crippen molar-refractivity contribution in [2.45, 2.75) is 32.0 Å². The molecule has 0 radical (unpaired) electrons. The van der Waals surface area contributed by atoms with Gasteiger partial charge in [-0.2, -0.15) is 0 Å². The van der Waals surface area contributed by atoms with E-state index in [0.717, 1.165) is 11.1 Å². The Bertz CT molecular complexity index is 320. The molecule has 0 aromatic heterocycles. The molecule has 84 valence electrons. The van der Waals surface area contributed by atoms with Crippen LogP contribution in [0.25, 0.3) is 0 Å². The van der Waals surface area contributed by atoms with E-state index in [1.54, 1.807) is 6.07 Å². The second kappa shape index (κ2) is 4.73. The highest BCUT2D eigenvalue weighted by Gasteiger charge is 2.19. The van der Waals surface area contributed by atoms with Gasteiger partial charge in [0.1, 0.15) is 5.67 Å². The van der Waals surface area contributed by atoms with Gasteiger partial charge in [0, 0.05) is 13.0 Å². The van der Waals surface area contributed by atoms with Gasteiger partial charge in [-0.25, -0.2) is 4.39 Å². The van der Waals surface area contributed by atoms with Crippen LogP contribution < -0.4 is 5.73 Å². The number of alkyl halides is 1. The van der Waals surface area contributed by atoms with E-state index in [9.17, 15) is 9.50 Å². The van der Waals surface area contributed by atoms with E-state index < -0.39 is 11.8 Å². The molecule has 3 heteroatoms. The maximum atomic E-state index is 13.5. The van der Waals surface area contributed by atoms with E-state index in [1.807, 2.05) is 18.2 Å². The highest BCUT2D eigenvalue weighted by Crippen LogP contribution is 2.23. The van der Waals surface area contributed by atoms with Crippen LogP contribution >= 0.6 is 0 Å². The predicted molar refractivity (Wildman–Crippen MR) is 59.3 cm³/mol. The molecule has 0 saturated carbocycles. The van der Waals surface area contributed by atoms with Gasteiger partial charge in [0.15, 0.2) is 0 Å². The number of halogens is 1. The minimum Gasteiger partial charge on any atom is -0.387 e. The molecule has 15 heavy (non-hydrogen) atoms. The van der Waals surface area contributed by atoms with E-state index in [2.05, 4.69) is 0 Å². The number of rotatable bonds is 4. The zero-order valence-electron chi connectivity index (χ0n) is 9.20. The van der Waals surface area contributed by atoms with Gasteiger partial charge in [0.05, 0.1) is 6.10 Å². The first-order valence-corrected chi connectivity index (χ1v) is 5.09. The van der Waals surface area contributed by atoms with Crippen molar-refractivity contribution in [1.82, 2.24) is 0 Å². The van der Waals surface area contributed by atoms with Gasteiger partial charge in [-0.05, 0) is 25.0 Å². The molecule has 0 spiro atoms. The smallest absolute Gasteiger partial charge is 0.109 e. The molecule has 1 rings (SSSR count). The molecule has 1 atom stereocenters. The van der Waals surface area contributed by atoms with Gasteiger partial charge in [-0.1, -0.05) is 24.3 Å². The van der Waals surface area contributed by atoms with Gasteiger partial charge in [-0.3, -0.25) is 0 Å². The zero-order valence-corrected chi connectivity index (χ0v) is 9.20. The second-order valence-electron chi connectivity index (χ2n) is 4.35. The number of benzene rings is 1. The Morgan fingerprint density at radius 1 is 1.40 bits per heavy atom. The summed E-state index contributed by atoms with van der Waals surface area (Å²) in [7, 11) is 0. The third kappa shape index (κ3) is 3.61. The molecule has 1 unspecified atom stereocenters. The number of nitrogens with two attached hydrogens (primary N) is 1. The van der Waals surface area contributed by atoms with Gasteiger partial charge < -0.3 is 10.8 Å². The SMILES string of the molecule is CC(C)(F)Cc1ccccc1C(O)CN. The summed E-state index contributed by atoms with van der Waals surface area (Å²) in [6.45, 7) is 3.21. The van der Waals surface area contributed by atoms with Crippen LogP contribution in [0.4, 0.5) is 4.39 Å². The molecular weight excluding hydrogens is 193 g/mol. The van der Waals surface area contributed by atoms with Crippen molar-refractivity contribution >= 4 is 0 Å². The summed E-state index contributed by atoms with van der Waals surface area (Å²) in [6.07, 6.45) is -0.413. The Morgan fingerprint density at radius 2 is 2.00 bits per heavy atom. The summed E-state index contributed by atoms with van der Waals surface area (Å²) in [6, 6.07) is 7.28. The monoisotopic (exact) mass is 211 g/mol. The summed E-state index contributed by atoms with van der Waals surface area (Å²) in [5.41, 5.74) is 5.67. The molecule has 0 amide bonds. The van der Waals surface area contributed by atoms with Crippen LogP contribution in [0.2, 0.25) is 0 Å². The van der Waals surface area contributed by atoms with E-state index in [4.69, 9.17) is 5.73 Å². The van der Waals surface area contributed by atoms with Crippen LogP contribution in [0.1, 0.15) is 31.1 Å². The summed E-state index contributed by atoms with van der Waals surface area (Å²) >= 11 is 0. The largest absolute Gasteiger partial charge is 0.387 e. The fraction of sp³-hybridized carbons (Fsp3) is 0.500. The maximum absolute atomic E-state index is 13.5. The third-order valence-electron chi connectivity index (χ3n) is 2.25. The lowest BCUT2D eigenvalue weighted by atomic mass is 9.93. The Morgan fingerprint density at radius 3 is 2.53 bits per heavy atom. The summed E-state index contributed by atoms with van der Waals surface area (Å²) in [5.74, 6) is 0. The van der Waals surface area contributed by atoms with E-state index in [-0.39, 0.29) is 6.54 Å². The molecule has 0 bridgehead atoms. The number of aliphatic hydroxyl groups excluding tert-OH is 1. The molecule has 1 aromatic rings. The third-order valence-corrected chi connectivity index (χ3v) is 2.25. The lowest BCUT2D eigenvalue weighted by molar-refractivity contribution is 0.181. The van der Waals surface area contributed by atoms with Crippen molar-refractivity contribution in [1.29, 1.82) is 0 Å². The average molecular weight is 211 g/mol. The average Bonchev–Trinajstić information content (AvgIpc) is 2.15. The number of hydrogen-bond acceptors (Lipinski definition) is 2. The lowest BCUT2D eigenvalue weighted by Gasteiger charge is -2.19. The van der Waals surface area contributed by atoms with Crippen LogP contribution in [0.5, 0.6) is 0 Å². The fourth-order valence-electron chi connectivity index (χ4n) is 1.60. The number of aliphatic hydroxyl groups is 1. The molecule has 0 aliphatic carbocycles. The fourth-order valence-corrected chi connectivity index (χ4v) is 1.60. The standard InChI is InChI=1S/C12H18FNO/c1-12(2,13)7-9-5-3-4-6-10(9)11(15)8-14/h3-6,11,15H,7-8,14H2,1-2H3. The van der Waals surface area contributed by atoms with Crippen molar-refractivity contribution in [3.8, 4) is 0 Å². The van der Waals surface area contributed by atoms with E-state index >= 15 is 0 Å². The van der Waals surface area contributed by atoms with Gasteiger partial charge >= 0.3 is 0 Å². The topological polar surface area (TPSA) is 46.2 Å². The lowest BCUT2D eigenvalue weighted by Crippen LogP contribution is -2.19. The van der Waals surface area contributed by atoms with Gasteiger partial charge in [0.25, 0.3) is 0 Å². The minimum atomic E-state index is -1.27. The molecule has 0 aliphatic rings. The van der Waals surface area contributed by atoms with E-state index in [0.29, 0.717) is 6.42 Å². The minimum absolute atomic E-state index is 0.156. The first kappa shape index (κ1) is 12.1. The Hall–Kier alpha value is -0.930. The molecule has 0 saturated heterocycles. The normalized spacial score (nSPS) is 13.9. The molecular formula is C12H18FNO. The Balaban J connectivity index is 2.96. The highest BCUT2D eigenvalue weighted by molar-refractivity contribution is 5.30. The number of hydrogen-bond donors (Lipinski definition) is 2. The molecule has 0 fully saturated rings. The van der Waals surface area contributed by atoms with Crippen molar-refractivity contribution in [2.75, 3.05) is 6.54 Å². The van der Waals surface area contributed by atoms with Crippen LogP contribution in [0, 0.1) is 0 Å². The quantitative estimate of drug-likeness (QED) is 0.799. The van der Waals surface area contributed by atoms with Crippen LogP contribution in [0.15, 0.2) is 24.3 Å². The predicted octanol–water partition coefficient (Wildman–Crippen LogP) is 1.97. The molecule has 0 heterocycles. The molecule has 0 aliphatic heterocycles. The van der Waals surface area contributed by atoms with Gasteiger partial charge in [0.2, 0.25) is 0 Å². The van der Waals surface area contributed by atoms with Crippen molar-refractivity contribution in [3.63, 3.8) is 0 Å². The first-order chi connectivity index (χ1) is 6.94. The Labute approximate surface area is 89.9 Å². The van der Waals surface area contributed by atoms with Crippen molar-refractivity contribution in [3.05, 3.63) is 35.4 Å². The van der Waals surface area contributed by atoms with E-state index in [1.165, 1.54) is 13.8 Å². The molecule has 1 aromatic carbocycles. The molecule has 3 N–H and O–H groups in total. The summed E-state index contributed by atoms with van der Waals surface area (Å²) in [4.78, 5) is 0. The zero-order chi connectivity index (χ0) is 11.5. The van der Waals surface area contributed by atoms with Gasteiger partial charge in [-0.15, -0.1) is 0 Å². The Kier molecular flexibility index (Phi) is 3.83. The van der Waals surface area contributed by atoms with Crippen LogP contribution in [0.3, 0.4) is 0 Å². The summed E-state index contributed by atoms with van der Waals surface area (Å²) < 4.78 is 13.5. The highest BCUT2D eigenvalue weighted by atomic mass is 19.1.